The van der Waals surface area contributed by atoms with Gasteiger partial charge in [-0.3, -0.25) is 0 Å². The van der Waals surface area contributed by atoms with Gasteiger partial charge >= 0.3 is 0 Å². The van der Waals surface area contributed by atoms with E-state index in [1.54, 1.807) is 0 Å². The van der Waals surface area contributed by atoms with Crippen LogP contribution in [0.1, 0.15) is 38.2 Å². The molecule has 0 aliphatic heterocycles. The van der Waals surface area contributed by atoms with Crippen LogP contribution in [0.4, 0.5) is 0 Å². The van der Waals surface area contributed by atoms with Gasteiger partial charge in [-0.05, 0) is 43.7 Å². The highest BCUT2D eigenvalue weighted by atomic mass is 16.5. The summed E-state index contributed by atoms with van der Waals surface area (Å²) in [5.74, 6) is 0.393. The molecule has 2 heteroatoms. The Bertz CT molecular complexity index is 499. The van der Waals surface area contributed by atoms with Crippen molar-refractivity contribution >= 4 is 11.0 Å². The van der Waals surface area contributed by atoms with Gasteiger partial charge in [0, 0.05) is 18.6 Å². The number of aryl methyl sites for hydroxylation is 1. The fraction of sp³-hybridized carbons (Fsp3) is 0.500. The summed E-state index contributed by atoms with van der Waals surface area (Å²) in [6.45, 7) is 7.63. The van der Waals surface area contributed by atoms with Gasteiger partial charge in [0.05, 0.1) is 6.26 Å². The molecule has 1 aromatic carbocycles. The molecule has 109 valence electrons. The van der Waals surface area contributed by atoms with Crippen molar-refractivity contribution in [1.29, 1.82) is 0 Å². The van der Waals surface area contributed by atoms with E-state index in [2.05, 4.69) is 26.0 Å². The van der Waals surface area contributed by atoms with Crippen LogP contribution in [0, 0.1) is 12.8 Å². The molecule has 1 atom stereocenters. The lowest BCUT2D eigenvalue weighted by molar-refractivity contribution is 0.112. The van der Waals surface area contributed by atoms with Gasteiger partial charge in [0.25, 0.3) is 0 Å². The average molecular weight is 273 g/mol. The molecule has 0 fully saturated rings. The molecule has 1 aromatic heterocycles. The maximum absolute atomic E-state index is 5.56. The van der Waals surface area contributed by atoms with Crippen LogP contribution in [0.2, 0.25) is 0 Å². The van der Waals surface area contributed by atoms with Gasteiger partial charge in [-0.1, -0.05) is 38.0 Å². The summed E-state index contributed by atoms with van der Waals surface area (Å²) in [5.41, 5.74) is 2.33. The van der Waals surface area contributed by atoms with E-state index in [1.807, 2.05) is 18.4 Å². The number of rotatable bonds is 9. The minimum atomic E-state index is 0.393. The van der Waals surface area contributed by atoms with Crippen LogP contribution in [0.15, 0.2) is 34.9 Å². The summed E-state index contributed by atoms with van der Waals surface area (Å²) in [4.78, 5) is 0. The minimum absolute atomic E-state index is 0.393. The van der Waals surface area contributed by atoms with E-state index in [-0.39, 0.29) is 0 Å². The Labute approximate surface area is 122 Å². The van der Waals surface area contributed by atoms with Crippen LogP contribution in [0.5, 0.6) is 0 Å². The van der Waals surface area contributed by atoms with Crippen LogP contribution < -0.4 is 0 Å². The fourth-order valence-electron chi connectivity index (χ4n) is 2.38. The van der Waals surface area contributed by atoms with Gasteiger partial charge in [0.1, 0.15) is 5.58 Å². The van der Waals surface area contributed by atoms with E-state index in [9.17, 15) is 0 Å². The Morgan fingerprint density at radius 3 is 2.80 bits per heavy atom. The van der Waals surface area contributed by atoms with Crippen LogP contribution >= 0.6 is 0 Å². The van der Waals surface area contributed by atoms with Crippen molar-refractivity contribution in [3.05, 3.63) is 43.0 Å². The molecule has 0 aliphatic carbocycles. The van der Waals surface area contributed by atoms with E-state index >= 15 is 0 Å². The van der Waals surface area contributed by atoms with Gasteiger partial charge in [0.15, 0.2) is 0 Å². The second-order valence-electron chi connectivity index (χ2n) is 5.60. The van der Waals surface area contributed by atoms with Crippen molar-refractivity contribution in [2.75, 3.05) is 13.2 Å². The highest BCUT2D eigenvalue weighted by Gasteiger charge is 2.04. The number of fused-ring (bicyclic) bond motifs is 1. The number of unbranched alkanes of at least 4 members (excludes halogenated alkanes) is 3. The Morgan fingerprint density at radius 1 is 1.15 bits per heavy atom. The molecule has 0 aliphatic rings. The van der Waals surface area contributed by atoms with E-state index in [0.29, 0.717) is 5.92 Å². The first kappa shape index (κ1) is 15.1. The van der Waals surface area contributed by atoms with Crippen LogP contribution in [0.3, 0.4) is 0 Å². The molecule has 0 spiro atoms. The van der Waals surface area contributed by atoms with Gasteiger partial charge in [-0.2, -0.15) is 0 Å². The predicted octanol–water partition coefficient (Wildman–Crippen LogP) is 5.02. The number of hydrogen-bond donors (Lipinski definition) is 0. The topological polar surface area (TPSA) is 22.4 Å². The normalized spacial score (nSPS) is 11.6. The van der Waals surface area contributed by atoms with Gasteiger partial charge < -0.3 is 9.15 Å². The van der Waals surface area contributed by atoms with E-state index < -0.39 is 0 Å². The summed E-state index contributed by atoms with van der Waals surface area (Å²) in [6, 6.07) is 8.26. The SMILES string of the molecule is [CH2]C(C)COCCCCCCc1coc2ccccc12. The zero-order valence-electron chi connectivity index (χ0n) is 12.4. The standard InChI is InChI=1S/C18H25O2/c1-15(2)13-19-12-8-4-3-5-9-16-14-20-18-11-7-6-10-17(16)18/h6-7,10-11,14-15H,1,3-5,8-9,12-13H2,2H3. The maximum Gasteiger partial charge on any atom is 0.134 e. The molecule has 2 rings (SSSR count). The molecule has 0 amide bonds. The van der Waals surface area contributed by atoms with Crippen molar-refractivity contribution in [3.8, 4) is 0 Å². The van der Waals surface area contributed by atoms with E-state index in [1.165, 1.54) is 30.2 Å². The quantitative estimate of drug-likeness (QED) is 0.598. The van der Waals surface area contributed by atoms with Crippen LogP contribution in [0.25, 0.3) is 11.0 Å². The lowest BCUT2D eigenvalue weighted by atomic mass is 10.1. The molecule has 1 heterocycles. The van der Waals surface area contributed by atoms with Crippen molar-refractivity contribution < 1.29 is 9.15 Å². The van der Waals surface area contributed by atoms with E-state index in [0.717, 1.165) is 31.6 Å². The molecular weight excluding hydrogens is 248 g/mol. The second-order valence-corrected chi connectivity index (χ2v) is 5.60. The van der Waals surface area contributed by atoms with Crippen molar-refractivity contribution in [3.63, 3.8) is 0 Å². The lowest BCUT2D eigenvalue weighted by Gasteiger charge is -2.06. The van der Waals surface area contributed by atoms with Crippen molar-refractivity contribution in [2.24, 2.45) is 5.92 Å². The summed E-state index contributed by atoms with van der Waals surface area (Å²) in [6.07, 6.45) is 7.87. The average Bonchev–Trinajstić information content (AvgIpc) is 2.85. The number of para-hydroxylation sites is 1. The van der Waals surface area contributed by atoms with Gasteiger partial charge in [-0.15, -0.1) is 0 Å². The first-order valence-electron chi connectivity index (χ1n) is 7.63. The first-order chi connectivity index (χ1) is 9.77. The molecular formula is C18H25O2. The maximum atomic E-state index is 5.56. The Morgan fingerprint density at radius 2 is 1.95 bits per heavy atom. The highest BCUT2D eigenvalue weighted by Crippen LogP contribution is 2.22. The Hall–Kier alpha value is -1.28. The predicted molar refractivity (Wildman–Crippen MR) is 83.7 cm³/mol. The smallest absolute Gasteiger partial charge is 0.134 e. The fourth-order valence-corrected chi connectivity index (χ4v) is 2.38. The number of hydrogen-bond acceptors (Lipinski definition) is 2. The third kappa shape index (κ3) is 4.68. The summed E-state index contributed by atoms with van der Waals surface area (Å²) in [5, 5.41) is 1.26. The molecule has 0 N–H and O–H groups in total. The molecule has 20 heavy (non-hydrogen) atoms. The van der Waals surface area contributed by atoms with Crippen LogP contribution in [-0.4, -0.2) is 13.2 Å². The first-order valence-corrected chi connectivity index (χ1v) is 7.63. The highest BCUT2D eigenvalue weighted by molar-refractivity contribution is 5.80. The van der Waals surface area contributed by atoms with Gasteiger partial charge in [-0.25, -0.2) is 0 Å². The molecule has 1 unspecified atom stereocenters. The summed E-state index contributed by atoms with van der Waals surface area (Å²) < 4.78 is 11.1. The zero-order valence-corrected chi connectivity index (χ0v) is 12.4. The number of furan rings is 1. The van der Waals surface area contributed by atoms with Gasteiger partial charge in [0.2, 0.25) is 0 Å². The summed E-state index contributed by atoms with van der Waals surface area (Å²) in [7, 11) is 0. The van der Waals surface area contributed by atoms with Crippen LogP contribution in [-0.2, 0) is 11.2 Å². The third-order valence-corrected chi connectivity index (χ3v) is 3.45. The monoisotopic (exact) mass is 273 g/mol. The van der Waals surface area contributed by atoms with Crippen molar-refractivity contribution in [2.45, 2.75) is 39.0 Å². The second kappa shape index (κ2) is 8.11. The zero-order chi connectivity index (χ0) is 14.2. The molecule has 0 saturated carbocycles. The lowest BCUT2D eigenvalue weighted by Crippen LogP contribution is -2.03. The molecule has 2 nitrogen and oxygen atoms in total. The minimum Gasteiger partial charge on any atom is -0.464 e. The Balaban J connectivity index is 1.59. The van der Waals surface area contributed by atoms with Crippen molar-refractivity contribution in [1.82, 2.24) is 0 Å². The number of ether oxygens (including phenoxy) is 1. The largest absolute Gasteiger partial charge is 0.464 e. The Kier molecular flexibility index (Phi) is 6.13. The molecule has 0 bridgehead atoms. The number of benzene rings is 1. The molecule has 0 saturated heterocycles. The molecule has 1 radical (unpaired) electrons. The summed E-state index contributed by atoms with van der Waals surface area (Å²) >= 11 is 0. The van der Waals surface area contributed by atoms with E-state index in [4.69, 9.17) is 9.15 Å². The molecule has 2 aromatic rings. The third-order valence-electron chi connectivity index (χ3n) is 3.45.